The first-order valence-corrected chi connectivity index (χ1v) is 9.19. The SMILES string of the molecule is CC(=O)O[C@H]1C(CO)OC(C)C(Nc2ccc3ccc(=O)oc3c2)[C@@H]1OC(C)=O. The van der Waals surface area contributed by atoms with Crippen molar-refractivity contribution in [2.45, 2.75) is 51.2 Å². The molecule has 2 heterocycles. The number of rotatable bonds is 5. The number of carbonyl (C=O) groups excluding carboxylic acids is 2. The third-order valence-corrected chi connectivity index (χ3v) is 4.68. The summed E-state index contributed by atoms with van der Waals surface area (Å²) in [6.07, 6.45) is -3.24. The lowest BCUT2D eigenvalue weighted by atomic mass is 9.92. The van der Waals surface area contributed by atoms with Gasteiger partial charge in [-0.25, -0.2) is 4.79 Å². The number of esters is 2. The van der Waals surface area contributed by atoms with Crippen LogP contribution >= 0.6 is 0 Å². The fourth-order valence-corrected chi connectivity index (χ4v) is 3.48. The third kappa shape index (κ3) is 4.75. The summed E-state index contributed by atoms with van der Waals surface area (Å²) in [5.74, 6) is -1.15. The number of anilines is 1. The van der Waals surface area contributed by atoms with E-state index in [0.29, 0.717) is 11.3 Å². The Morgan fingerprint density at radius 1 is 1.10 bits per heavy atom. The van der Waals surface area contributed by atoms with E-state index in [4.69, 9.17) is 18.6 Å². The average Bonchev–Trinajstić information content (AvgIpc) is 2.65. The van der Waals surface area contributed by atoms with Crippen LogP contribution in [-0.2, 0) is 23.8 Å². The van der Waals surface area contributed by atoms with Gasteiger partial charge in [0, 0.05) is 37.1 Å². The van der Waals surface area contributed by atoms with Crippen LogP contribution in [0.25, 0.3) is 11.0 Å². The summed E-state index contributed by atoms with van der Waals surface area (Å²) in [7, 11) is 0. The molecule has 0 aliphatic carbocycles. The molecule has 1 aromatic heterocycles. The van der Waals surface area contributed by atoms with Crippen LogP contribution in [0.4, 0.5) is 5.69 Å². The molecule has 3 rings (SSSR count). The van der Waals surface area contributed by atoms with E-state index in [1.54, 1.807) is 31.2 Å². The minimum absolute atomic E-state index is 0.390. The van der Waals surface area contributed by atoms with Crippen LogP contribution in [0.5, 0.6) is 0 Å². The first kappa shape index (κ1) is 20.8. The highest BCUT2D eigenvalue weighted by atomic mass is 16.6. The van der Waals surface area contributed by atoms with Crippen molar-refractivity contribution in [1.82, 2.24) is 0 Å². The predicted molar refractivity (Wildman–Crippen MR) is 102 cm³/mol. The van der Waals surface area contributed by atoms with Gasteiger partial charge in [-0.05, 0) is 25.1 Å². The van der Waals surface area contributed by atoms with Gasteiger partial charge in [0.05, 0.1) is 18.8 Å². The number of hydrogen-bond acceptors (Lipinski definition) is 9. The summed E-state index contributed by atoms with van der Waals surface area (Å²) in [5, 5.41) is 13.6. The molecule has 3 unspecified atom stereocenters. The Bertz CT molecular complexity index is 955. The molecule has 1 aliphatic heterocycles. The molecule has 29 heavy (non-hydrogen) atoms. The van der Waals surface area contributed by atoms with E-state index >= 15 is 0 Å². The largest absolute Gasteiger partial charge is 0.456 e. The standard InChI is InChI=1S/C20H23NO8/c1-10-18(21-14-6-4-13-5-7-17(25)29-15(13)8-14)20(28-12(3)24)19(27-11(2)23)16(9-22)26-10/h4-8,10,16,18-22H,9H2,1-3H3/t10?,16?,18?,19-,20-/m0/s1. The van der Waals surface area contributed by atoms with Gasteiger partial charge in [0.1, 0.15) is 11.7 Å². The molecule has 5 atom stereocenters. The summed E-state index contributed by atoms with van der Waals surface area (Å²) in [4.78, 5) is 34.8. The first-order chi connectivity index (χ1) is 13.8. The molecule has 9 nitrogen and oxygen atoms in total. The van der Waals surface area contributed by atoms with Crippen molar-refractivity contribution < 1.29 is 33.3 Å². The van der Waals surface area contributed by atoms with E-state index in [9.17, 15) is 19.5 Å². The fraction of sp³-hybridized carbons (Fsp3) is 0.450. The van der Waals surface area contributed by atoms with Crippen LogP contribution in [0.3, 0.4) is 0 Å². The number of aliphatic hydroxyl groups is 1. The molecule has 0 amide bonds. The van der Waals surface area contributed by atoms with Crippen molar-refractivity contribution in [2.24, 2.45) is 0 Å². The highest BCUT2D eigenvalue weighted by Crippen LogP contribution is 2.29. The molecule has 2 N–H and O–H groups in total. The van der Waals surface area contributed by atoms with E-state index in [0.717, 1.165) is 5.39 Å². The molecular formula is C20H23NO8. The van der Waals surface area contributed by atoms with Gasteiger partial charge in [-0.1, -0.05) is 0 Å². The van der Waals surface area contributed by atoms with Crippen LogP contribution in [0, 0.1) is 0 Å². The number of hydrogen-bond donors (Lipinski definition) is 2. The van der Waals surface area contributed by atoms with Gasteiger partial charge >= 0.3 is 17.6 Å². The quantitative estimate of drug-likeness (QED) is 0.558. The summed E-state index contributed by atoms with van der Waals surface area (Å²) in [5.41, 5.74) is 0.511. The lowest BCUT2D eigenvalue weighted by Crippen LogP contribution is -2.62. The number of carbonyl (C=O) groups is 2. The Morgan fingerprint density at radius 2 is 1.76 bits per heavy atom. The maximum absolute atomic E-state index is 11.7. The van der Waals surface area contributed by atoms with Crippen molar-refractivity contribution in [3.05, 3.63) is 40.8 Å². The Balaban J connectivity index is 1.94. The Kier molecular flexibility index (Phi) is 6.19. The minimum Gasteiger partial charge on any atom is -0.456 e. The number of benzene rings is 1. The summed E-state index contributed by atoms with van der Waals surface area (Å²) >= 11 is 0. The summed E-state index contributed by atoms with van der Waals surface area (Å²) in [6, 6.07) is 7.59. The maximum Gasteiger partial charge on any atom is 0.336 e. The van der Waals surface area contributed by atoms with Gasteiger partial charge < -0.3 is 29.1 Å². The van der Waals surface area contributed by atoms with E-state index in [2.05, 4.69) is 5.32 Å². The van der Waals surface area contributed by atoms with E-state index in [1.807, 2.05) is 0 Å². The van der Waals surface area contributed by atoms with E-state index < -0.39 is 54.6 Å². The van der Waals surface area contributed by atoms with Crippen LogP contribution < -0.4 is 10.9 Å². The number of aliphatic hydroxyl groups excluding tert-OH is 1. The predicted octanol–water partition coefficient (Wildman–Crippen LogP) is 1.22. The molecule has 9 heteroatoms. The Hall–Kier alpha value is -2.91. The molecule has 0 radical (unpaired) electrons. The maximum atomic E-state index is 11.7. The molecule has 0 spiro atoms. The second-order valence-electron chi connectivity index (χ2n) is 6.89. The van der Waals surface area contributed by atoms with Crippen molar-refractivity contribution in [2.75, 3.05) is 11.9 Å². The van der Waals surface area contributed by atoms with Gasteiger partial charge in [-0.2, -0.15) is 0 Å². The lowest BCUT2D eigenvalue weighted by Gasteiger charge is -2.44. The molecule has 156 valence electrons. The van der Waals surface area contributed by atoms with Crippen molar-refractivity contribution in [3.8, 4) is 0 Å². The van der Waals surface area contributed by atoms with Crippen LogP contribution in [0.1, 0.15) is 20.8 Å². The van der Waals surface area contributed by atoms with Crippen molar-refractivity contribution >= 4 is 28.6 Å². The van der Waals surface area contributed by atoms with E-state index in [1.165, 1.54) is 19.9 Å². The van der Waals surface area contributed by atoms with Gasteiger partial charge in [-0.3, -0.25) is 9.59 Å². The monoisotopic (exact) mass is 405 g/mol. The zero-order chi connectivity index (χ0) is 21.1. The molecular weight excluding hydrogens is 382 g/mol. The topological polar surface area (TPSA) is 124 Å². The first-order valence-electron chi connectivity index (χ1n) is 9.19. The fourth-order valence-electron chi connectivity index (χ4n) is 3.48. The van der Waals surface area contributed by atoms with Crippen LogP contribution in [0.2, 0.25) is 0 Å². The molecule has 1 fully saturated rings. The summed E-state index contributed by atoms with van der Waals surface area (Å²) < 4.78 is 21.8. The van der Waals surface area contributed by atoms with Gasteiger partial charge in [0.2, 0.25) is 0 Å². The molecule has 1 aromatic carbocycles. The van der Waals surface area contributed by atoms with Gasteiger partial charge in [0.25, 0.3) is 0 Å². The number of nitrogens with one attached hydrogen (secondary N) is 1. The zero-order valence-electron chi connectivity index (χ0n) is 16.3. The lowest BCUT2D eigenvalue weighted by molar-refractivity contribution is -0.213. The van der Waals surface area contributed by atoms with Gasteiger partial charge in [0.15, 0.2) is 12.2 Å². The van der Waals surface area contributed by atoms with Crippen molar-refractivity contribution in [3.63, 3.8) is 0 Å². The molecule has 0 bridgehead atoms. The molecule has 1 aliphatic rings. The summed E-state index contributed by atoms with van der Waals surface area (Å²) in [6.45, 7) is 3.82. The molecule has 2 aromatic rings. The minimum atomic E-state index is -0.992. The highest BCUT2D eigenvalue weighted by molar-refractivity contribution is 5.80. The Labute approximate surface area is 166 Å². The molecule has 0 saturated carbocycles. The zero-order valence-corrected chi connectivity index (χ0v) is 16.3. The highest BCUT2D eigenvalue weighted by Gasteiger charge is 2.48. The number of ether oxygens (including phenoxy) is 3. The second kappa shape index (κ2) is 8.62. The smallest absolute Gasteiger partial charge is 0.336 e. The third-order valence-electron chi connectivity index (χ3n) is 4.68. The Morgan fingerprint density at radius 3 is 2.41 bits per heavy atom. The van der Waals surface area contributed by atoms with Crippen LogP contribution in [-0.4, -0.2) is 54.1 Å². The van der Waals surface area contributed by atoms with Crippen molar-refractivity contribution in [1.29, 1.82) is 0 Å². The number of fused-ring (bicyclic) bond motifs is 1. The second-order valence-corrected chi connectivity index (χ2v) is 6.89. The molecule has 1 saturated heterocycles. The van der Waals surface area contributed by atoms with Crippen LogP contribution in [0.15, 0.2) is 39.5 Å². The average molecular weight is 405 g/mol. The normalized spacial score (nSPS) is 26.7. The van der Waals surface area contributed by atoms with E-state index in [-0.39, 0.29) is 0 Å². The van der Waals surface area contributed by atoms with Gasteiger partial charge in [-0.15, -0.1) is 0 Å².